The summed E-state index contributed by atoms with van der Waals surface area (Å²) in [5, 5.41) is 3.41. The molecule has 0 bridgehead atoms. The van der Waals surface area contributed by atoms with Crippen LogP contribution < -0.4 is 5.32 Å². The highest BCUT2D eigenvalue weighted by Crippen LogP contribution is 2.70. The van der Waals surface area contributed by atoms with Crippen molar-refractivity contribution in [2.45, 2.75) is 53.0 Å². The summed E-state index contributed by atoms with van der Waals surface area (Å²) >= 11 is 1.39. The van der Waals surface area contributed by atoms with Crippen molar-refractivity contribution in [2.75, 3.05) is 31.7 Å². The molecule has 1 aromatic heterocycles. The number of nitrogens with one attached hydrogen (secondary N) is 1. The Hall–Kier alpha value is -0.270. The highest BCUT2D eigenvalue weighted by Gasteiger charge is 2.51. The molecule has 0 saturated carbocycles. The Morgan fingerprint density at radius 3 is 1.69 bits per heavy atom. The minimum Gasteiger partial charge on any atom is -0.338 e. The molecule has 1 N–H and O–H groups in total. The van der Waals surface area contributed by atoms with Gasteiger partial charge in [-0.15, -0.1) is 11.3 Å². The lowest BCUT2D eigenvalue weighted by Gasteiger charge is -2.31. The number of hydrogen-bond acceptors (Lipinski definition) is 9. The summed E-state index contributed by atoms with van der Waals surface area (Å²) in [5.41, 5.74) is -1.30. The normalized spacial score (nSPS) is 12.9. The van der Waals surface area contributed by atoms with Crippen LogP contribution in [0.5, 0.6) is 0 Å². The molecule has 0 radical (unpaired) electrons. The number of nitrogens with zero attached hydrogens (tertiary/aromatic N) is 1. The predicted octanol–water partition coefficient (Wildman–Crippen LogP) is 5.49. The minimum atomic E-state index is -3.85. The first-order valence-electron chi connectivity index (χ1n) is 8.76. The van der Waals surface area contributed by atoms with Crippen molar-refractivity contribution in [3.8, 4) is 0 Å². The standard InChI is InChI=1S/C15H30N2O6P2S/c1-7-20-24(18,21-8-2)15(25(19,22-9-3)23-10-4)17-14-16-11-13(26-14)12(5)6/h11-12,15H,7-10H2,1-6H3,(H,16,17). The van der Waals surface area contributed by atoms with Crippen LogP contribution in [0.1, 0.15) is 52.3 Å². The lowest BCUT2D eigenvalue weighted by Crippen LogP contribution is -2.25. The van der Waals surface area contributed by atoms with E-state index in [1.165, 1.54) is 11.3 Å². The fourth-order valence-electron chi connectivity index (χ4n) is 2.14. The zero-order valence-electron chi connectivity index (χ0n) is 16.3. The largest absolute Gasteiger partial charge is 0.365 e. The summed E-state index contributed by atoms with van der Waals surface area (Å²) in [6, 6.07) is 0. The topological polar surface area (TPSA) is 96.0 Å². The summed E-state index contributed by atoms with van der Waals surface area (Å²) in [6.45, 7) is 11.4. The molecular weight excluding hydrogens is 398 g/mol. The number of thiazole rings is 1. The molecular formula is C15H30N2O6P2S. The fourth-order valence-corrected chi connectivity index (χ4v) is 8.06. The van der Waals surface area contributed by atoms with Crippen LogP contribution in [0.25, 0.3) is 0 Å². The quantitative estimate of drug-likeness (QED) is 0.412. The van der Waals surface area contributed by atoms with Gasteiger partial charge in [0.25, 0.3) is 0 Å². The number of rotatable bonds is 13. The Kier molecular flexibility index (Phi) is 9.97. The summed E-state index contributed by atoms with van der Waals surface area (Å²) in [5.74, 6) is 0.290. The third-order valence-electron chi connectivity index (χ3n) is 3.18. The van der Waals surface area contributed by atoms with Crippen LogP contribution in [0.4, 0.5) is 5.13 Å². The summed E-state index contributed by atoms with van der Waals surface area (Å²) < 4.78 is 48.4. The zero-order chi connectivity index (χ0) is 19.8. The first-order chi connectivity index (χ1) is 12.3. The maximum Gasteiger partial charge on any atom is 0.365 e. The number of anilines is 1. The molecule has 26 heavy (non-hydrogen) atoms. The van der Waals surface area contributed by atoms with Gasteiger partial charge in [0.15, 0.2) is 5.13 Å². The molecule has 152 valence electrons. The predicted molar refractivity (Wildman–Crippen MR) is 105 cm³/mol. The van der Waals surface area contributed by atoms with Gasteiger partial charge in [-0.25, -0.2) is 4.98 Å². The van der Waals surface area contributed by atoms with E-state index in [9.17, 15) is 9.13 Å². The Labute approximate surface area is 160 Å². The lowest BCUT2D eigenvalue weighted by atomic mass is 10.2. The van der Waals surface area contributed by atoms with Crippen molar-refractivity contribution in [2.24, 2.45) is 0 Å². The van der Waals surface area contributed by atoms with Crippen molar-refractivity contribution in [3.05, 3.63) is 11.1 Å². The van der Waals surface area contributed by atoms with Crippen LogP contribution in [0.2, 0.25) is 0 Å². The van der Waals surface area contributed by atoms with E-state index in [2.05, 4.69) is 10.3 Å². The smallest absolute Gasteiger partial charge is 0.338 e. The summed E-state index contributed by atoms with van der Waals surface area (Å²) in [6.07, 6.45) is 1.73. The van der Waals surface area contributed by atoms with Gasteiger partial charge in [-0.1, -0.05) is 13.8 Å². The molecule has 0 aromatic carbocycles. The molecule has 0 unspecified atom stereocenters. The van der Waals surface area contributed by atoms with Crippen molar-refractivity contribution in [1.29, 1.82) is 0 Å². The average molecular weight is 428 g/mol. The maximum atomic E-state index is 13.4. The molecule has 0 atom stereocenters. The molecule has 1 heterocycles. The second-order valence-electron chi connectivity index (χ2n) is 5.49. The second kappa shape index (κ2) is 10.9. The van der Waals surface area contributed by atoms with E-state index in [1.807, 2.05) is 13.8 Å². The van der Waals surface area contributed by atoms with Gasteiger partial charge in [-0.2, -0.15) is 0 Å². The average Bonchev–Trinajstić information content (AvgIpc) is 3.02. The van der Waals surface area contributed by atoms with Gasteiger partial charge in [0, 0.05) is 11.1 Å². The van der Waals surface area contributed by atoms with Gasteiger partial charge in [0.2, 0.25) is 5.52 Å². The van der Waals surface area contributed by atoms with E-state index in [0.717, 1.165) is 4.88 Å². The first-order valence-corrected chi connectivity index (χ1v) is 12.8. The van der Waals surface area contributed by atoms with Crippen LogP contribution in [-0.2, 0) is 27.2 Å². The molecule has 1 aromatic rings. The molecule has 0 spiro atoms. The number of aromatic nitrogens is 1. The maximum absolute atomic E-state index is 13.4. The van der Waals surface area contributed by atoms with Crippen LogP contribution >= 0.6 is 26.5 Å². The molecule has 1 rings (SSSR count). The second-order valence-corrected chi connectivity index (χ2v) is 11.2. The highest BCUT2D eigenvalue weighted by atomic mass is 32.1. The van der Waals surface area contributed by atoms with E-state index < -0.39 is 20.7 Å². The Morgan fingerprint density at radius 1 is 0.962 bits per heavy atom. The fraction of sp³-hybridized carbons (Fsp3) is 0.800. The Balaban J connectivity index is 3.34. The van der Waals surface area contributed by atoms with Crippen LogP contribution in [0.15, 0.2) is 6.20 Å². The van der Waals surface area contributed by atoms with Gasteiger partial charge in [-0.05, 0) is 33.6 Å². The van der Waals surface area contributed by atoms with Gasteiger partial charge in [0.05, 0.1) is 26.4 Å². The highest BCUT2D eigenvalue weighted by molar-refractivity contribution is 7.73. The number of hydrogen-bond donors (Lipinski definition) is 1. The monoisotopic (exact) mass is 428 g/mol. The van der Waals surface area contributed by atoms with E-state index in [0.29, 0.717) is 5.13 Å². The lowest BCUT2D eigenvalue weighted by molar-refractivity contribution is 0.198. The molecule has 0 saturated heterocycles. The van der Waals surface area contributed by atoms with E-state index in [-0.39, 0.29) is 32.3 Å². The van der Waals surface area contributed by atoms with Crippen LogP contribution in [-0.4, -0.2) is 36.9 Å². The van der Waals surface area contributed by atoms with Crippen molar-refractivity contribution in [1.82, 2.24) is 4.98 Å². The molecule has 0 aliphatic rings. The SMILES string of the molecule is CCOP(=O)(OCC)C(Nc1ncc(C(C)C)s1)P(=O)(OCC)OCC. The van der Waals surface area contributed by atoms with Gasteiger partial charge < -0.3 is 23.4 Å². The summed E-state index contributed by atoms with van der Waals surface area (Å²) in [4.78, 5) is 5.33. The summed E-state index contributed by atoms with van der Waals surface area (Å²) in [7, 11) is -7.70. The molecule has 0 amide bonds. The van der Waals surface area contributed by atoms with Gasteiger partial charge >= 0.3 is 15.2 Å². The van der Waals surface area contributed by atoms with Crippen LogP contribution in [0.3, 0.4) is 0 Å². The molecule has 8 nitrogen and oxygen atoms in total. The van der Waals surface area contributed by atoms with Crippen molar-refractivity contribution < 1.29 is 27.2 Å². The molecule has 0 aliphatic carbocycles. The molecule has 0 aliphatic heterocycles. The third kappa shape index (κ3) is 6.13. The molecule has 11 heteroatoms. The van der Waals surface area contributed by atoms with Crippen LogP contribution in [0, 0.1) is 0 Å². The molecule has 0 fully saturated rings. The third-order valence-corrected chi connectivity index (χ3v) is 10.0. The van der Waals surface area contributed by atoms with E-state index >= 15 is 0 Å². The Morgan fingerprint density at radius 2 is 1.38 bits per heavy atom. The van der Waals surface area contributed by atoms with Crippen molar-refractivity contribution >= 4 is 31.7 Å². The first kappa shape index (κ1) is 23.8. The minimum absolute atomic E-state index is 0.128. The Bertz CT molecular complexity index is 589. The van der Waals surface area contributed by atoms with Gasteiger partial charge in [0.1, 0.15) is 0 Å². The van der Waals surface area contributed by atoms with E-state index in [4.69, 9.17) is 18.1 Å². The zero-order valence-corrected chi connectivity index (χ0v) is 18.9. The van der Waals surface area contributed by atoms with E-state index in [1.54, 1.807) is 33.9 Å². The van der Waals surface area contributed by atoms with Gasteiger partial charge in [-0.3, -0.25) is 9.13 Å². The van der Waals surface area contributed by atoms with Crippen molar-refractivity contribution in [3.63, 3.8) is 0 Å².